The third kappa shape index (κ3) is 4.20. The van der Waals surface area contributed by atoms with Crippen molar-refractivity contribution >= 4 is 6.09 Å². The van der Waals surface area contributed by atoms with Gasteiger partial charge in [0.1, 0.15) is 11.9 Å². The maximum atomic E-state index is 13.2. The second-order valence-electron chi connectivity index (χ2n) is 6.48. The zero-order chi connectivity index (χ0) is 18.5. The lowest BCUT2D eigenvalue weighted by Gasteiger charge is -2.40. The minimum absolute atomic E-state index is 0.00348. The SMILES string of the molecule is NCc1ccccc1COC1CN(C(=O)[O-])CCC1c1ccc(F)cc1. The monoisotopic (exact) mass is 357 g/mol. The van der Waals surface area contributed by atoms with E-state index in [0.29, 0.717) is 26.1 Å². The molecule has 2 N–H and O–H groups in total. The lowest BCUT2D eigenvalue weighted by Crippen LogP contribution is -2.51. The fourth-order valence-corrected chi connectivity index (χ4v) is 3.44. The molecular weight excluding hydrogens is 335 g/mol. The topological polar surface area (TPSA) is 78.6 Å². The standard InChI is InChI=1S/C20H23FN2O3/c21-17-7-5-14(6-8-17)18-9-10-23(20(24)25)12-19(18)26-13-16-4-2-1-3-15(16)11-22/h1-8,18-19H,9-13,22H2,(H,24,25)/p-1. The number of hydrogen-bond acceptors (Lipinski definition) is 4. The number of nitrogens with zero attached hydrogens (tertiary/aromatic N) is 1. The van der Waals surface area contributed by atoms with Gasteiger partial charge in [0.05, 0.1) is 12.7 Å². The van der Waals surface area contributed by atoms with Crippen LogP contribution in [0.1, 0.15) is 29.0 Å². The van der Waals surface area contributed by atoms with Gasteiger partial charge in [-0.3, -0.25) is 0 Å². The fourth-order valence-electron chi connectivity index (χ4n) is 3.44. The highest BCUT2D eigenvalue weighted by atomic mass is 19.1. The van der Waals surface area contributed by atoms with Gasteiger partial charge in [0.2, 0.25) is 0 Å². The third-order valence-electron chi connectivity index (χ3n) is 4.91. The van der Waals surface area contributed by atoms with Crippen molar-refractivity contribution in [2.24, 2.45) is 5.73 Å². The number of piperidine rings is 1. The van der Waals surface area contributed by atoms with Crippen LogP contribution in [0.4, 0.5) is 9.18 Å². The summed E-state index contributed by atoms with van der Waals surface area (Å²) in [5.41, 5.74) is 8.70. The predicted octanol–water partition coefficient (Wildman–Crippen LogP) is 2.00. The number of halogens is 1. The van der Waals surface area contributed by atoms with Crippen LogP contribution in [-0.4, -0.2) is 30.2 Å². The number of hydrogen-bond donors (Lipinski definition) is 1. The quantitative estimate of drug-likeness (QED) is 0.888. The molecule has 1 aliphatic heterocycles. The van der Waals surface area contributed by atoms with E-state index < -0.39 is 6.09 Å². The van der Waals surface area contributed by atoms with Crippen molar-refractivity contribution in [2.45, 2.75) is 31.6 Å². The van der Waals surface area contributed by atoms with Gasteiger partial charge >= 0.3 is 0 Å². The summed E-state index contributed by atoms with van der Waals surface area (Å²) in [7, 11) is 0. The Morgan fingerprint density at radius 2 is 1.88 bits per heavy atom. The van der Waals surface area contributed by atoms with Crippen LogP contribution in [0, 0.1) is 5.82 Å². The van der Waals surface area contributed by atoms with Crippen molar-refractivity contribution < 1.29 is 19.0 Å². The van der Waals surface area contributed by atoms with Gasteiger partial charge in [0, 0.05) is 25.6 Å². The van der Waals surface area contributed by atoms with E-state index >= 15 is 0 Å². The smallest absolute Gasteiger partial charge is 0.137 e. The molecule has 0 bridgehead atoms. The summed E-state index contributed by atoms with van der Waals surface area (Å²) in [6.45, 7) is 1.37. The largest absolute Gasteiger partial charge is 0.530 e. The number of carboxylic acid groups (broad SMARTS) is 1. The summed E-state index contributed by atoms with van der Waals surface area (Å²) < 4.78 is 19.3. The van der Waals surface area contributed by atoms with Crippen LogP contribution in [0.5, 0.6) is 0 Å². The molecule has 0 aliphatic carbocycles. The second-order valence-corrected chi connectivity index (χ2v) is 6.48. The summed E-state index contributed by atoms with van der Waals surface area (Å²) >= 11 is 0. The van der Waals surface area contributed by atoms with Gasteiger partial charge in [0.15, 0.2) is 0 Å². The molecule has 26 heavy (non-hydrogen) atoms. The van der Waals surface area contributed by atoms with Gasteiger partial charge in [-0.2, -0.15) is 0 Å². The molecule has 1 saturated heterocycles. The number of likely N-dealkylation sites (tertiary alicyclic amines) is 1. The Balaban J connectivity index is 1.77. The van der Waals surface area contributed by atoms with E-state index in [1.165, 1.54) is 17.0 Å². The first-order valence-electron chi connectivity index (χ1n) is 8.68. The Hall–Kier alpha value is -2.44. The molecule has 1 aliphatic rings. The van der Waals surface area contributed by atoms with Gasteiger partial charge < -0.3 is 25.3 Å². The van der Waals surface area contributed by atoms with Crippen LogP contribution in [-0.2, 0) is 17.9 Å². The normalized spacial score (nSPS) is 20.2. The Morgan fingerprint density at radius 1 is 1.19 bits per heavy atom. The molecule has 1 fully saturated rings. The summed E-state index contributed by atoms with van der Waals surface area (Å²) in [5, 5.41) is 11.3. The molecular formula is C20H22FN2O3-. The zero-order valence-corrected chi connectivity index (χ0v) is 14.4. The average Bonchev–Trinajstić information content (AvgIpc) is 2.67. The van der Waals surface area contributed by atoms with E-state index in [-0.39, 0.29) is 24.4 Å². The van der Waals surface area contributed by atoms with Crippen LogP contribution in [0.2, 0.25) is 0 Å². The van der Waals surface area contributed by atoms with Crippen molar-refractivity contribution in [3.8, 4) is 0 Å². The molecule has 2 atom stereocenters. The second kappa shape index (κ2) is 8.29. The van der Waals surface area contributed by atoms with E-state index in [0.717, 1.165) is 16.7 Å². The van der Waals surface area contributed by atoms with Crippen molar-refractivity contribution in [1.82, 2.24) is 4.90 Å². The van der Waals surface area contributed by atoms with Gasteiger partial charge in [-0.15, -0.1) is 0 Å². The molecule has 0 spiro atoms. The Morgan fingerprint density at radius 3 is 2.54 bits per heavy atom. The number of nitrogens with two attached hydrogens (primary N) is 1. The van der Waals surface area contributed by atoms with Crippen LogP contribution >= 0.6 is 0 Å². The van der Waals surface area contributed by atoms with Crippen LogP contribution < -0.4 is 10.8 Å². The summed E-state index contributed by atoms with van der Waals surface area (Å²) in [5.74, 6) is -0.300. The number of amides is 1. The van der Waals surface area contributed by atoms with Crippen LogP contribution in [0.15, 0.2) is 48.5 Å². The first kappa shape index (κ1) is 18.4. The number of carbonyl (C=O) groups excluding carboxylic acids is 1. The molecule has 0 radical (unpaired) electrons. The Kier molecular flexibility index (Phi) is 5.85. The lowest BCUT2D eigenvalue weighted by atomic mass is 9.87. The highest BCUT2D eigenvalue weighted by Crippen LogP contribution is 2.31. The van der Waals surface area contributed by atoms with E-state index in [4.69, 9.17) is 10.5 Å². The van der Waals surface area contributed by atoms with Crippen molar-refractivity contribution in [2.75, 3.05) is 13.1 Å². The fraction of sp³-hybridized carbons (Fsp3) is 0.350. The molecule has 2 unspecified atom stereocenters. The van der Waals surface area contributed by atoms with E-state index in [2.05, 4.69) is 0 Å². The molecule has 1 amide bonds. The molecule has 138 valence electrons. The van der Waals surface area contributed by atoms with Crippen molar-refractivity contribution in [1.29, 1.82) is 0 Å². The predicted molar refractivity (Wildman–Crippen MR) is 93.6 cm³/mol. The zero-order valence-electron chi connectivity index (χ0n) is 14.4. The molecule has 0 saturated carbocycles. The van der Waals surface area contributed by atoms with Crippen molar-refractivity contribution in [3.05, 3.63) is 71.0 Å². The third-order valence-corrected chi connectivity index (χ3v) is 4.91. The molecule has 5 nitrogen and oxygen atoms in total. The van der Waals surface area contributed by atoms with Crippen LogP contribution in [0.25, 0.3) is 0 Å². The van der Waals surface area contributed by atoms with Gasteiger partial charge in [-0.25, -0.2) is 4.39 Å². The maximum absolute atomic E-state index is 13.2. The summed E-state index contributed by atoms with van der Waals surface area (Å²) in [6, 6.07) is 14.0. The number of ether oxygens (including phenoxy) is 1. The van der Waals surface area contributed by atoms with E-state index in [1.807, 2.05) is 24.3 Å². The maximum Gasteiger partial charge on any atom is 0.137 e. The molecule has 1 heterocycles. The molecule has 2 aromatic carbocycles. The van der Waals surface area contributed by atoms with Gasteiger partial charge in [0.25, 0.3) is 0 Å². The minimum Gasteiger partial charge on any atom is -0.530 e. The van der Waals surface area contributed by atoms with Gasteiger partial charge in [-0.1, -0.05) is 36.4 Å². The summed E-state index contributed by atoms with van der Waals surface area (Å²) in [6.07, 6.45) is -0.931. The van der Waals surface area contributed by atoms with Gasteiger partial charge in [-0.05, 0) is 35.2 Å². The minimum atomic E-state index is -1.20. The van der Waals surface area contributed by atoms with Crippen molar-refractivity contribution in [3.63, 3.8) is 0 Å². The van der Waals surface area contributed by atoms with E-state index in [1.54, 1.807) is 12.1 Å². The number of rotatable bonds is 5. The molecule has 2 aromatic rings. The first-order chi connectivity index (χ1) is 12.6. The first-order valence-corrected chi connectivity index (χ1v) is 8.68. The molecule has 0 aromatic heterocycles. The van der Waals surface area contributed by atoms with E-state index in [9.17, 15) is 14.3 Å². The molecule has 3 rings (SSSR count). The highest BCUT2D eigenvalue weighted by molar-refractivity contribution is 5.62. The molecule has 6 heteroatoms. The summed E-state index contributed by atoms with van der Waals surface area (Å²) in [4.78, 5) is 12.5. The Labute approximate surface area is 152 Å². The Bertz CT molecular complexity index is 751. The lowest BCUT2D eigenvalue weighted by molar-refractivity contribution is -0.268. The number of benzene rings is 2. The highest BCUT2D eigenvalue weighted by Gasteiger charge is 2.31. The number of carbonyl (C=O) groups is 1. The van der Waals surface area contributed by atoms with Crippen LogP contribution in [0.3, 0.4) is 0 Å². The average molecular weight is 357 g/mol.